The van der Waals surface area contributed by atoms with Gasteiger partial charge in [-0.15, -0.1) is 0 Å². The average Bonchev–Trinajstić information content (AvgIpc) is 2.62. The highest BCUT2D eigenvalue weighted by atomic mass is 35.5. The number of anilines is 2. The van der Waals surface area contributed by atoms with Gasteiger partial charge in [-0.2, -0.15) is 15.2 Å². The van der Waals surface area contributed by atoms with E-state index in [1.165, 1.54) is 4.90 Å². The first-order valence-corrected chi connectivity index (χ1v) is 8.77. The van der Waals surface area contributed by atoms with Crippen LogP contribution < -0.4 is 10.6 Å². The molecule has 0 radical (unpaired) electrons. The van der Waals surface area contributed by atoms with E-state index >= 15 is 0 Å². The summed E-state index contributed by atoms with van der Waals surface area (Å²) in [7, 11) is 0. The van der Waals surface area contributed by atoms with Crippen LogP contribution in [0.15, 0.2) is 23.8 Å². The Morgan fingerprint density at radius 1 is 1.46 bits per heavy atom. The standard InChI is InChI=1S/C17H21ClN6O4/c1-3-5-7-12(8-6-9-19)10-23(11-13(25)28-4-2)16-14(24(26)27)15(20)21-17(18)22-16/h3,5,7H,4,6,8,10-11H2,1-2H3,(H2,20,21,22)/b5-3-,12-7+. The predicted octanol–water partition coefficient (Wildman–Crippen LogP) is 2.80. The first-order valence-electron chi connectivity index (χ1n) is 8.39. The Labute approximate surface area is 167 Å². The van der Waals surface area contributed by atoms with Crippen molar-refractivity contribution in [3.8, 4) is 6.07 Å². The van der Waals surface area contributed by atoms with Gasteiger partial charge in [0.25, 0.3) is 0 Å². The van der Waals surface area contributed by atoms with Crippen molar-refractivity contribution in [2.75, 3.05) is 30.3 Å². The average molecular weight is 409 g/mol. The lowest BCUT2D eigenvalue weighted by Crippen LogP contribution is -2.34. The monoisotopic (exact) mass is 408 g/mol. The number of rotatable bonds is 10. The number of hydrogen-bond donors (Lipinski definition) is 1. The molecule has 0 saturated heterocycles. The van der Waals surface area contributed by atoms with Crippen LogP contribution in [0.25, 0.3) is 0 Å². The normalized spacial score (nSPS) is 11.3. The fourth-order valence-corrected chi connectivity index (χ4v) is 2.48. The lowest BCUT2D eigenvalue weighted by atomic mass is 10.1. The molecule has 1 rings (SSSR count). The Morgan fingerprint density at radius 3 is 2.75 bits per heavy atom. The van der Waals surface area contributed by atoms with Gasteiger partial charge in [0.1, 0.15) is 6.54 Å². The smallest absolute Gasteiger partial charge is 0.353 e. The van der Waals surface area contributed by atoms with Crippen LogP contribution in [0.2, 0.25) is 5.28 Å². The molecule has 0 aliphatic heterocycles. The highest BCUT2D eigenvalue weighted by molar-refractivity contribution is 6.28. The van der Waals surface area contributed by atoms with Gasteiger partial charge in [0.05, 0.1) is 17.6 Å². The van der Waals surface area contributed by atoms with Gasteiger partial charge in [0.2, 0.25) is 16.9 Å². The number of nitrogen functional groups attached to an aromatic ring is 1. The van der Waals surface area contributed by atoms with Gasteiger partial charge in [-0.3, -0.25) is 14.9 Å². The maximum absolute atomic E-state index is 12.1. The summed E-state index contributed by atoms with van der Waals surface area (Å²) < 4.78 is 4.95. The van der Waals surface area contributed by atoms with Crippen molar-refractivity contribution < 1.29 is 14.5 Å². The number of esters is 1. The summed E-state index contributed by atoms with van der Waals surface area (Å²) in [5.41, 5.74) is 5.85. The Hall–Kier alpha value is -3.19. The van der Waals surface area contributed by atoms with Gasteiger partial charge in [-0.05, 0) is 37.4 Å². The highest BCUT2D eigenvalue weighted by Crippen LogP contribution is 2.32. The molecule has 1 aromatic heterocycles. The van der Waals surface area contributed by atoms with Crippen LogP contribution in [0, 0.1) is 21.4 Å². The fraction of sp³-hybridized carbons (Fsp3) is 0.412. The Bertz CT molecular complexity index is 819. The van der Waals surface area contributed by atoms with Gasteiger partial charge in [0, 0.05) is 13.0 Å². The summed E-state index contributed by atoms with van der Waals surface area (Å²) in [6.45, 7) is 3.38. The third kappa shape index (κ3) is 6.85. The molecule has 1 aromatic rings. The molecule has 0 aliphatic carbocycles. The molecule has 0 amide bonds. The molecule has 0 saturated carbocycles. The molecule has 0 spiro atoms. The summed E-state index contributed by atoms with van der Waals surface area (Å²) in [5.74, 6) is -1.21. The largest absolute Gasteiger partial charge is 0.465 e. The van der Waals surface area contributed by atoms with E-state index in [1.807, 2.05) is 13.0 Å². The summed E-state index contributed by atoms with van der Waals surface area (Å²) in [6.07, 6.45) is 5.98. The topological polar surface area (TPSA) is 148 Å². The molecule has 0 bridgehead atoms. The van der Waals surface area contributed by atoms with Crippen LogP contribution in [-0.4, -0.2) is 40.6 Å². The van der Waals surface area contributed by atoms with Crippen molar-refractivity contribution in [3.63, 3.8) is 0 Å². The minimum atomic E-state index is -0.732. The van der Waals surface area contributed by atoms with E-state index in [2.05, 4.69) is 9.97 Å². The lowest BCUT2D eigenvalue weighted by molar-refractivity contribution is -0.383. The molecule has 11 heteroatoms. The molecule has 0 aliphatic rings. The van der Waals surface area contributed by atoms with Crippen molar-refractivity contribution in [2.45, 2.75) is 26.7 Å². The van der Waals surface area contributed by atoms with E-state index in [0.29, 0.717) is 6.42 Å². The zero-order chi connectivity index (χ0) is 21.1. The van der Waals surface area contributed by atoms with Gasteiger partial charge in [0.15, 0.2) is 0 Å². The molecule has 150 valence electrons. The number of nitriles is 1. The molecule has 0 aromatic carbocycles. The van der Waals surface area contributed by atoms with Gasteiger partial charge in [-0.1, -0.05) is 18.2 Å². The number of carbonyl (C=O) groups excluding carboxylic acids is 1. The second kappa shape index (κ2) is 11.5. The quantitative estimate of drug-likeness (QED) is 0.202. The Morgan fingerprint density at radius 2 is 2.18 bits per heavy atom. The zero-order valence-electron chi connectivity index (χ0n) is 15.6. The number of nitrogens with two attached hydrogens (primary N) is 1. The van der Waals surface area contributed by atoms with E-state index < -0.39 is 22.4 Å². The summed E-state index contributed by atoms with van der Waals surface area (Å²) in [5, 5.41) is 20.1. The summed E-state index contributed by atoms with van der Waals surface area (Å²) >= 11 is 5.84. The van der Waals surface area contributed by atoms with Crippen LogP contribution in [0.1, 0.15) is 26.7 Å². The molecule has 1 heterocycles. The number of allylic oxidation sites excluding steroid dienone is 3. The molecular formula is C17H21ClN6O4. The third-order valence-corrected chi connectivity index (χ3v) is 3.62. The maximum Gasteiger partial charge on any atom is 0.353 e. The van der Waals surface area contributed by atoms with Crippen LogP contribution in [-0.2, 0) is 9.53 Å². The minimum absolute atomic E-state index is 0.0818. The zero-order valence-corrected chi connectivity index (χ0v) is 16.3. The van der Waals surface area contributed by atoms with Crippen molar-refractivity contribution in [2.24, 2.45) is 0 Å². The third-order valence-electron chi connectivity index (χ3n) is 3.45. The lowest BCUT2D eigenvalue weighted by Gasteiger charge is -2.24. The first-order chi connectivity index (χ1) is 13.3. The highest BCUT2D eigenvalue weighted by Gasteiger charge is 2.29. The van der Waals surface area contributed by atoms with E-state index in [0.717, 1.165) is 5.57 Å². The number of carbonyl (C=O) groups is 1. The molecule has 0 atom stereocenters. The van der Waals surface area contributed by atoms with Crippen LogP contribution in [0.4, 0.5) is 17.3 Å². The number of hydrogen-bond acceptors (Lipinski definition) is 9. The molecule has 0 fully saturated rings. The maximum atomic E-state index is 12.1. The number of aromatic nitrogens is 2. The fourth-order valence-electron chi connectivity index (χ4n) is 2.31. The van der Waals surface area contributed by atoms with E-state index in [1.54, 1.807) is 25.2 Å². The van der Waals surface area contributed by atoms with Gasteiger partial charge in [-0.25, -0.2) is 0 Å². The van der Waals surface area contributed by atoms with E-state index in [9.17, 15) is 14.9 Å². The Kier molecular flexibility index (Phi) is 9.39. The van der Waals surface area contributed by atoms with Crippen molar-refractivity contribution in [1.29, 1.82) is 5.26 Å². The van der Waals surface area contributed by atoms with Gasteiger partial charge < -0.3 is 15.4 Å². The molecule has 28 heavy (non-hydrogen) atoms. The van der Waals surface area contributed by atoms with Crippen LogP contribution >= 0.6 is 11.6 Å². The molecule has 2 N–H and O–H groups in total. The number of halogens is 1. The van der Waals surface area contributed by atoms with E-state index in [4.69, 9.17) is 27.3 Å². The summed E-state index contributed by atoms with van der Waals surface area (Å²) in [6, 6.07) is 2.05. The molecule has 0 unspecified atom stereocenters. The van der Waals surface area contributed by atoms with E-state index in [-0.39, 0.29) is 37.2 Å². The Balaban J connectivity index is 3.42. The van der Waals surface area contributed by atoms with Crippen molar-refractivity contribution in [1.82, 2.24) is 9.97 Å². The predicted molar refractivity (Wildman–Crippen MR) is 105 cm³/mol. The SMILES string of the molecule is C/C=C\C=C(/CCC#N)CN(CC(=O)OCC)c1nc(Cl)nc(N)c1[N+](=O)[O-]. The number of ether oxygens (including phenoxy) is 1. The first kappa shape index (κ1) is 22.9. The van der Waals surface area contributed by atoms with Crippen LogP contribution in [0.3, 0.4) is 0 Å². The number of nitro groups is 1. The van der Waals surface area contributed by atoms with Crippen molar-refractivity contribution in [3.05, 3.63) is 39.2 Å². The van der Waals surface area contributed by atoms with Crippen LogP contribution in [0.5, 0.6) is 0 Å². The molecular weight excluding hydrogens is 388 g/mol. The second-order valence-corrected chi connectivity index (χ2v) is 5.82. The second-order valence-electron chi connectivity index (χ2n) is 5.48. The molecule has 10 nitrogen and oxygen atoms in total. The van der Waals surface area contributed by atoms with Crippen molar-refractivity contribution >= 4 is 34.9 Å². The minimum Gasteiger partial charge on any atom is -0.465 e. The summed E-state index contributed by atoms with van der Waals surface area (Å²) in [4.78, 5) is 31.7. The number of nitrogens with zero attached hydrogens (tertiary/aromatic N) is 5. The van der Waals surface area contributed by atoms with Gasteiger partial charge >= 0.3 is 11.7 Å².